The molecule has 0 spiro atoms. The molecule has 0 saturated carbocycles. The minimum Gasteiger partial charge on any atom is -0.487 e. The highest BCUT2D eigenvalue weighted by Crippen LogP contribution is 2.38. The molecule has 2 N–H and O–H groups in total. The lowest BCUT2D eigenvalue weighted by atomic mass is 10.1. The number of thiophene rings is 1. The van der Waals surface area contributed by atoms with Gasteiger partial charge in [-0.1, -0.05) is 34.8 Å². The number of halogens is 3. The van der Waals surface area contributed by atoms with Gasteiger partial charge in [0.25, 0.3) is 11.8 Å². The lowest BCUT2D eigenvalue weighted by molar-refractivity contribution is 0.102. The van der Waals surface area contributed by atoms with Gasteiger partial charge >= 0.3 is 0 Å². The number of hydrogen-bond acceptors (Lipinski definition) is 8. The first kappa shape index (κ1) is 28.6. The zero-order valence-electron chi connectivity index (χ0n) is 20.0. The van der Waals surface area contributed by atoms with Gasteiger partial charge in [-0.25, -0.2) is 17.7 Å². The van der Waals surface area contributed by atoms with Crippen molar-refractivity contribution in [3.05, 3.63) is 66.9 Å². The van der Waals surface area contributed by atoms with E-state index >= 15 is 0 Å². The minimum absolute atomic E-state index is 0.0177. The van der Waals surface area contributed by atoms with Gasteiger partial charge in [-0.3, -0.25) is 9.59 Å². The molecule has 2 amide bonds. The molecule has 202 valence electrons. The normalized spacial score (nSPS) is 14.8. The van der Waals surface area contributed by atoms with Crippen molar-refractivity contribution in [2.75, 3.05) is 37.2 Å². The van der Waals surface area contributed by atoms with Crippen molar-refractivity contribution in [2.45, 2.75) is 12.6 Å². The fourth-order valence-electron chi connectivity index (χ4n) is 3.15. The van der Waals surface area contributed by atoms with E-state index in [1.807, 2.05) is 0 Å². The van der Waals surface area contributed by atoms with Crippen molar-refractivity contribution in [1.29, 1.82) is 0 Å². The summed E-state index contributed by atoms with van der Waals surface area (Å²) in [5.41, 5.74) is 0.528. The number of carbonyl (C=O) groups is 2. The SMILES string of the molecule is CN(Cc1csc(C(=O)Nc2c(C(=O)Nc3ccc(Cl)cn3)ccc(Cl)c2OCC2CO2)c1Cl)S(C)(=O)=O. The number of epoxide rings is 1. The first-order valence-corrected chi connectivity index (χ1v) is 14.8. The van der Waals surface area contributed by atoms with E-state index in [1.165, 1.54) is 31.4 Å². The van der Waals surface area contributed by atoms with Crippen molar-refractivity contribution in [1.82, 2.24) is 9.29 Å². The standard InChI is InChI=1S/C23H21Cl3N4O6S2/c1-30(38(2,33)34)8-12-11-37-21(18(12)26)23(32)29-19-15(22(31)28-17-6-3-13(24)7-27-17)4-5-16(25)20(19)36-10-14-9-35-14/h3-7,11,14H,8-10H2,1-2H3,(H,29,32)(H,27,28,31). The first-order valence-electron chi connectivity index (χ1n) is 10.9. The summed E-state index contributed by atoms with van der Waals surface area (Å²) in [7, 11) is -2.05. The summed E-state index contributed by atoms with van der Waals surface area (Å²) in [6, 6.07) is 6.00. The van der Waals surface area contributed by atoms with Crippen LogP contribution in [-0.2, 0) is 21.3 Å². The van der Waals surface area contributed by atoms with E-state index in [0.29, 0.717) is 17.2 Å². The Bertz CT molecular complexity index is 1480. The third kappa shape index (κ3) is 6.94. The second-order valence-electron chi connectivity index (χ2n) is 8.26. The van der Waals surface area contributed by atoms with Gasteiger partial charge in [-0.2, -0.15) is 0 Å². The summed E-state index contributed by atoms with van der Waals surface area (Å²) < 4.78 is 35.7. The van der Waals surface area contributed by atoms with Crippen LogP contribution in [0.1, 0.15) is 25.6 Å². The summed E-state index contributed by atoms with van der Waals surface area (Å²) in [6.45, 7) is 0.668. The molecule has 4 rings (SSSR count). The van der Waals surface area contributed by atoms with Crippen LogP contribution in [-0.4, -0.2) is 62.1 Å². The number of amides is 2. The van der Waals surface area contributed by atoms with Gasteiger partial charge in [0, 0.05) is 19.8 Å². The summed E-state index contributed by atoms with van der Waals surface area (Å²) in [6.07, 6.45) is 2.33. The zero-order chi connectivity index (χ0) is 27.6. The van der Waals surface area contributed by atoms with E-state index in [1.54, 1.807) is 11.4 Å². The maximum absolute atomic E-state index is 13.3. The molecule has 1 aliphatic rings. The molecule has 1 fully saturated rings. The Labute approximate surface area is 237 Å². The van der Waals surface area contributed by atoms with Gasteiger partial charge in [0.15, 0.2) is 5.75 Å². The number of benzene rings is 1. The van der Waals surface area contributed by atoms with Gasteiger partial charge in [0.2, 0.25) is 10.0 Å². The second kappa shape index (κ2) is 11.7. The minimum atomic E-state index is -3.46. The van der Waals surface area contributed by atoms with Crippen molar-refractivity contribution in [3.63, 3.8) is 0 Å². The smallest absolute Gasteiger partial charge is 0.267 e. The van der Waals surface area contributed by atoms with Gasteiger partial charge in [-0.05, 0) is 35.2 Å². The van der Waals surface area contributed by atoms with Crippen LogP contribution >= 0.6 is 46.1 Å². The Morgan fingerprint density at radius 3 is 2.55 bits per heavy atom. The molecule has 1 aromatic carbocycles. The average molecular weight is 620 g/mol. The van der Waals surface area contributed by atoms with Crippen LogP contribution < -0.4 is 15.4 Å². The topological polar surface area (TPSA) is 130 Å². The number of carbonyl (C=O) groups excluding carboxylic acids is 2. The lowest BCUT2D eigenvalue weighted by Crippen LogP contribution is -2.24. The lowest BCUT2D eigenvalue weighted by Gasteiger charge is -2.17. The van der Waals surface area contributed by atoms with Gasteiger partial charge in [-0.15, -0.1) is 11.3 Å². The maximum atomic E-state index is 13.3. The fraction of sp³-hybridized carbons (Fsp3) is 0.261. The molecular formula is C23H21Cl3N4O6S2. The number of pyridine rings is 1. The van der Waals surface area contributed by atoms with Gasteiger partial charge < -0.3 is 20.1 Å². The first-order chi connectivity index (χ1) is 17.9. The molecule has 1 saturated heterocycles. The van der Waals surface area contributed by atoms with Crippen LogP contribution in [0.4, 0.5) is 11.5 Å². The Morgan fingerprint density at radius 2 is 1.92 bits per heavy atom. The molecule has 38 heavy (non-hydrogen) atoms. The van der Waals surface area contributed by atoms with E-state index in [2.05, 4.69) is 15.6 Å². The predicted molar refractivity (Wildman–Crippen MR) is 147 cm³/mol. The van der Waals surface area contributed by atoms with Crippen LogP contribution in [0.5, 0.6) is 5.75 Å². The van der Waals surface area contributed by atoms with Crippen molar-refractivity contribution in [3.8, 4) is 5.75 Å². The zero-order valence-corrected chi connectivity index (χ0v) is 23.9. The van der Waals surface area contributed by atoms with Crippen molar-refractivity contribution in [2.24, 2.45) is 0 Å². The average Bonchev–Trinajstić information content (AvgIpc) is 3.61. The molecule has 1 unspecified atom stereocenters. The van der Waals surface area contributed by atoms with E-state index in [0.717, 1.165) is 21.9 Å². The molecule has 10 nitrogen and oxygen atoms in total. The van der Waals surface area contributed by atoms with Crippen LogP contribution in [0.15, 0.2) is 35.8 Å². The highest BCUT2D eigenvalue weighted by atomic mass is 35.5. The summed E-state index contributed by atoms with van der Waals surface area (Å²) in [4.78, 5) is 30.7. The molecule has 0 radical (unpaired) electrons. The number of nitrogens with zero attached hydrogens (tertiary/aromatic N) is 2. The van der Waals surface area contributed by atoms with Crippen LogP contribution in [0.2, 0.25) is 15.1 Å². The van der Waals surface area contributed by atoms with E-state index in [-0.39, 0.29) is 57.0 Å². The van der Waals surface area contributed by atoms with E-state index < -0.39 is 21.8 Å². The number of ether oxygens (including phenoxy) is 2. The number of hydrogen-bond donors (Lipinski definition) is 2. The Kier molecular flexibility index (Phi) is 8.82. The highest BCUT2D eigenvalue weighted by molar-refractivity contribution is 7.88. The number of anilines is 2. The second-order valence-corrected chi connectivity index (χ2v) is 12.4. The van der Waals surface area contributed by atoms with Gasteiger partial charge in [0.05, 0.1) is 39.2 Å². The van der Waals surface area contributed by atoms with Crippen molar-refractivity contribution < 1.29 is 27.5 Å². The predicted octanol–water partition coefficient (Wildman–Crippen LogP) is 4.78. The molecule has 0 bridgehead atoms. The van der Waals surface area contributed by atoms with Crippen LogP contribution in [0.3, 0.4) is 0 Å². The maximum Gasteiger partial charge on any atom is 0.267 e. The van der Waals surface area contributed by atoms with E-state index in [9.17, 15) is 18.0 Å². The summed E-state index contributed by atoms with van der Waals surface area (Å²) in [5.74, 6) is -0.910. The number of sulfonamides is 1. The summed E-state index contributed by atoms with van der Waals surface area (Å²) in [5, 5.41) is 7.59. The molecule has 1 aliphatic heterocycles. The molecule has 1 atom stereocenters. The third-order valence-corrected chi connectivity index (χ3v) is 8.70. The quantitative estimate of drug-likeness (QED) is 0.313. The molecule has 3 heterocycles. The third-order valence-electron chi connectivity index (χ3n) is 5.34. The Morgan fingerprint density at radius 1 is 1.18 bits per heavy atom. The van der Waals surface area contributed by atoms with Crippen LogP contribution in [0.25, 0.3) is 0 Å². The number of nitrogens with one attached hydrogen (secondary N) is 2. The molecule has 15 heteroatoms. The van der Waals surface area contributed by atoms with Gasteiger partial charge in [0.1, 0.15) is 23.4 Å². The monoisotopic (exact) mass is 618 g/mol. The molecule has 0 aliphatic carbocycles. The highest BCUT2D eigenvalue weighted by Gasteiger charge is 2.28. The number of rotatable bonds is 10. The van der Waals surface area contributed by atoms with Crippen molar-refractivity contribution >= 4 is 79.5 Å². The van der Waals surface area contributed by atoms with Crippen LogP contribution in [0, 0.1) is 0 Å². The largest absolute Gasteiger partial charge is 0.487 e. The Balaban J connectivity index is 1.65. The molecule has 3 aromatic rings. The molecular weight excluding hydrogens is 599 g/mol. The fourth-order valence-corrected chi connectivity index (χ4v) is 5.09. The summed E-state index contributed by atoms with van der Waals surface area (Å²) >= 11 is 19.7. The number of aromatic nitrogens is 1. The molecule has 2 aromatic heterocycles. The Hall–Kier alpha value is -2.45. The van der Waals surface area contributed by atoms with E-state index in [4.69, 9.17) is 44.3 Å².